The Morgan fingerprint density at radius 2 is 2.14 bits per heavy atom. The van der Waals surface area contributed by atoms with E-state index in [1.807, 2.05) is 0 Å². The highest BCUT2D eigenvalue weighted by atomic mass is 19.1. The number of rotatable bonds is 2. The SMILES string of the molecule is CC(=O)N1OCC2[C@@H](C(=O)O)OC[C@@]21c1ccccc1F. The van der Waals surface area contributed by atoms with E-state index >= 15 is 0 Å². The maximum Gasteiger partial charge on any atom is 0.333 e. The van der Waals surface area contributed by atoms with Crippen LogP contribution in [0.3, 0.4) is 0 Å². The quantitative estimate of drug-likeness (QED) is 0.878. The zero-order valence-electron chi connectivity index (χ0n) is 11.3. The van der Waals surface area contributed by atoms with E-state index in [2.05, 4.69) is 0 Å². The third kappa shape index (κ3) is 1.85. The Labute approximate surface area is 120 Å². The first-order valence-corrected chi connectivity index (χ1v) is 6.51. The third-order valence-electron chi connectivity index (χ3n) is 4.08. The number of benzene rings is 1. The summed E-state index contributed by atoms with van der Waals surface area (Å²) < 4.78 is 19.6. The van der Waals surface area contributed by atoms with Crippen molar-refractivity contribution in [2.24, 2.45) is 5.92 Å². The van der Waals surface area contributed by atoms with E-state index in [1.54, 1.807) is 6.07 Å². The second kappa shape index (κ2) is 4.78. The zero-order chi connectivity index (χ0) is 15.2. The van der Waals surface area contributed by atoms with Gasteiger partial charge in [-0.05, 0) is 6.07 Å². The van der Waals surface area contributed by atoms with Crippen molar-refractivity contribution in [3.63, 3.8) is 0 Å². The van der Waals surface area contributed by atoms with E-state index in [0.717, 1.165) is 5.06 Å². The second-order valence-corrected chi connectivity index (χ2v) is 5.19. The number of carbonyl (C=O) groups is 2. The number of aliphatic carboxylic acids is 1. The summed E-state index contributed by atoms with van der Waals surface area (Å²) in [7, 11) is 0. The van der Waals surface area contributed by atoms with Crippen LogP contribution in [0.15, 0.2) is 24.3 Å². The molecular formula is C14H14FNO5. The van der Waals surface area contributed by atoms with Gasteiger partial charge in [0.2, 0.25) is 5.91 Å². The van der Waals surface area contributed by atoms with Gasteiger partial charge in [-0.25, -0.2) is 14.2 Å². The second-order valence-electron chi connectivity index (χ2n) is 5.19. The van der Waals surface area contributed by atoms with E-state index in [-0.39, 0.29) is 18.8 Å². The number of hydrogen-bond donors (Lipinski definition) is 1. The zero-order valence-corrected chi connectivity index (χ0v) is 11.3. The fraction of sp³-hybridized carbons (Fsp3) is 0.429. The topological polar surface area (TPSA) is 76.1 Å². The molecule has 2 heterocycles. The van der Waals surface area contributed by atoms with Crippen molar-refractivity contribution in [1.82, 2.24) is 5.06 Å². The molecule has 0 aliphatic carbocycles. The van der Waals surface area contributed by atoms with Crippen molar-refractivity contribution in [3.8, 4) is 0 Å². The van der Waals surface area contributed by atoms with Crippen LogP contribution in [0.25, 0.3) is 0 Å². The molecule has 2 fully saturated rings. The molecule has 2 aliphatic rings. The molecule has 0 spiro atoms. The fourth-order valence-electron chi connectivity index (χ4n) is 3.21. The summed E-state index contributed by atoms with van der Waals surface area (Å²) >= 11 is 0. The van der Waals surface area contributed by atoms with Gasteiger partial charge >= 0.3 is 5.97 Å². The van der Waals surface area contributed by atoms with Crippen LogP contribution in [-0.4, -0.2) is 41.4 Å². The van der Waals surface area contributed by atoms with Crippen LogP contribution in [0.2, 0.25) is 0 Å². The van der Waals surface area contributed by atoms with Gasteiger partial charge in [0.25, 0.3) is 0 Å². The monoisotopic (exact) mass is 295 g/mol. The molecule has 112 valence electrons. The standard InChI is InChI=1S/C14H14FNO5/c1-8(17)16-14(9-4-2-3-5-11(9)15)7-20-12(13(18)19)10(14)6-21-16/h2-5,10,12H,6-7H2,1H3,(H,18,19)/t10?,12-,14+/m0/s1. The van der Waals surface area contributed by atoms with Crippen LogP contribution in [0.5, 0.6) is 0 Å². The van der Waals surface area contributed by atoms with Gasteiger partial charge in [0.15, 0.2) is 6.10 Å². The summed E-state index contributed by atoms with van der Waals surface area (Å²) in [6.07, 6.45) is -1.13. The average Bonchev–Trinajstić information content (AvgIpc) is 2.95. The molecule has 3 atom stereocenters. The van der Waals surface area contributed by atoms with E-state index in [0.29, 0.717) is 0 Å². The lowest BCUT2D eigenvalue weighted by atomic mass is 9.78. The summed E-state index contributed by atoms with van der Waals surface area (Å²) in [6.45, 7) is 1.17. The Morgan fingerprint density at radius 1 is 1.43 bits per heavy atom. The highest BCUT2D eigenvalue weighted by Crippen LogP contribution is 2.49. The maximum atomic E-state index is 14.2. The molecule has 2 saturated heterocycles. The lowest BCUT2D eigenvalue weighted by Crippen LogP contribution is -2.48. The first-order valence-electron chi connectivity index (χ1n) is 6.51. The smallest absolute Gasteiger partial charge is 0.333 e. The highest BCUT2D eigenvalue weighted by molar-refractivity contribution is 5.77. The molecule has 1 aromatic rings. The summed E-state index contributed by atoms with van der Waals surface area (Å²) in [5.41, 5.74) is -1.02. The molecule has 0 radical (unpaired) electrons. The Balaban J connectivity index is 2.15. The number of hydrogen-bond acceptors (Lipinski definition) is 4. The average molecular weight is 295 g/mol. The number of fused-ring (bicyclic) bond motifs is 1. The Kier molecular flexibility index (Phi) is 3.18. The van der Waals surface area contributed by atoms with E-state index in [4.69, 9.17) is 9.57 Å². The summed E-state index contributed by atoms with van der Waals surface area (Å²) in [5.74, 6) is -2.74. The number of ether oxygens (including phenoxy) is 1. The molecule has 21 heavy (non-hydrogen) atoms. The van der Waals surface area contributed by atoms with Gasteiger partial charge in [0, 0.05) is 12.5 Å². The fourth-order valence-corrected chi connectivity index (χ4v) is 3.21. The predicted molar refractivity (Wildman–Crippen MR) is 67.4 cm³/mol. The van der Waals surface area contributed by atoms with Crippen LogP contribution in [-0.2, 0) is 24.7 Å². The molecular weight excluding hydrogens is 281 g/mol. The normalized spacial score (nSPS) is 31.2. The molecule has 1 unspecified atom stereocenters. The molecule has 1 aromatic carbocycles. The molecule has 1 amide bonds. The molecule has 0 aromatic heterocycles. The minimum Gasteiger partial charge on any atom is -0.479 e. The van der Waals surface area contributed by atoms with E-state index < -0.39 is 35.3 Å². The first-order chi connectivity index (χ1) is 9.98. The summed E-state index contributed by atoms with van der Waals surface area (Å²) in [6, 6.07) is 5.96. The molecule has 0 saturated carbocycles. The number of nitrogens with zero attached hydrogens (tertiary/aromatic N) is 1. The molecule has 1 N–H and O–H groups in total. The Morgan fingerprint density at radius 3 is 2.76 bits per heavy atom. The Bertz CT molecular complexity index is 607. The van der Waals surface area contributed by atoms with Crippen molar-refractivity contribution in [3.05, 3.63) is 35.6 Å². The number of amides is 1. The van der Waals surface area contributed by atoms with Gasteiger partial charge in [-0.15, -0.1) is 0 Å². The van der Waals surface area contributed by atoms with Crippen molar-refractivity contribution in [2.45, 2.75) is 18.6 Å². The molecule has 2 aliphatic heterocycles. The number of carbonyl (C=O) groups excluding carboxylic acids is 1. The van der Waals surface area contributed by atoms with Crippen LogP contribution in [0.1, 0.15) is 12.5 Å². The highest BCUT2D eigenvalue weighted by Gasteiger charge is 2.63. The molecule has 0 bridgehead atoms. The Hall–Kier alpha value is -1.99. The lowest BCUT2D eigenvalue weighted by Gasteiger charge is -2.34. The number of carboxylic acid groups (broad SMARTS) is 1. The first kappa shape index (κ1) is 14.0. The summed E-state index contributed by atoms with van der Waals surface area (Å²) in [5, 5.41) is 10.3. The van der Waals surface area contributed by atoms with Gasteiger partial charge in [0.1, 0.15) is 11.4 Å². The molecule has 3 rings (SSSR count). The summed E-state index contributed by atoms with van der Waals surface area (Å²) in [4.78, 5) is 28.5. The van der Waals surface area contributed by atoms with Crippen molar-refractivity contribution in [1.29, 1.82) is 0 Å². The van der Waals surface area contributed by atoms with Gasteiger partial charge in [-0.2, -0.15) is 0 Å². The maximum absolute atomic E-state index is 14.2. The lowest BCUT2D eigenvalue weighted by molar-refractivity contribution is -0.194. The van der Waals surface area contributed by atoms with Crippen LogP contribution in [0.4, 0.5) is 4.39 Å². The van der Waals surface area contributed by atoms with Gasteiger partial charge in [-0.3, -0.25) is 9.63 Å². The van der Waals surface area contributed by atoms with E-state index in [1.165, 1.54) is 25.1 Å². The molecule has 6 nitrogen and oxygen atoms in total. The minimum atomic E-state index is -1.24. The minimum absolute atomic E-state index is 0.00905. The van der Waals surface area contributed by atoms with E-state index in [9.17, 15) is 19.1 Å². The number of halogens is 1. The van der Waals surface area contributed by atoms with Crippen LogP contribution >= 0.6 is 0 Å². The van der Waals surface area contributed by atoms with Crippen LogP contribution < -0.4 is 0 Å². The number of hydroxylamine groups is 2. The largest absolute Gasteiger partial charge is 0.479 e. The third-order valence-corrected chi connectivity index (χ3v) is 4.08. The van der Waals surface area contributed by atoms with Crippen molar-refractivity contribution >= 4 is 11.9 Å². The van der Waals surface area contributed by atoms with Gasteiger partial charge in [-0.1, -0.05) is 18.2 Å². The predicted octanol–water partition coefficient (Wildman–Crippen LogP) is 0.914. The molecule has 7 heteroatoms. The van der Waals surface area contributed by atoms with Gasteiger partial charge in [0.05, 0.1) is 19.1 Å². The number of carboxylic acids is 1. The van der Waals surface area contributed by atoms with Gasteiger partial charge < -0.3 is 9.84 Å². The van der Waals surface area contributed by atoms with Crippen molar-refractivity contribution < 1.29 is 28.7 Å². The van der Waals surface area contributed by atoms with Crippen molar-refractivity contribution in [2.75, 3.05) is 13.2 Å². The van der Waals surface area contributed by atoms with Crippen LogP contribution in [0, 0.1) is 11.7 Å².